The molecule has 182 valence electrons. The lowest BCUT2D eigenvalue weighted by molar-refractivity contribution is -0.123. The number of fused-ring (bicyclic) bond motifs is 1. The van der Waals surface area contributed by atoms with Gasteiger partial charge in [0.25, 0.3) is 5.91 Å². The molecule has 6 heteroatoms. The monoisotopic (exact) mass is 462 g/mol. The van der Waals surface area contributed by atoms with Gasteiger partial charge in [0.1, 0.15) is 0 Å². The molecule has 2 heterocycles. The summed E-state index contributed by atoms with van der Waals surface area (Å²) in [6.07, 6.45) is 9.01. The minimum Gasteiger partial charge on any atom is -0.371 e. The van der Waals surface area contributed by atoms with Gasteiger partial charge in [0.15, 0.2) is 0 Å². The molecule has 2 amide bonds. The molecule has 0 bridgehead atoms. The van der Waals surface area contributed by atoms with Crippen LogP contribution >= 0.6 is 0 Å². The Morgan fingerprint density at radius 1 is 1.09 bits per heavy atom. The van der Waals surface area contributed by atoms with E-state index in [1.54, 1.807) is 0 Å². The van der Waals surface area contributed by atoms with Crippen molar-refractivity contribution in [1.29, 1.82) is 0 Å². The molecule has 2 aromatic rings. The molecule has 1 fully saturated rings. The molecular weight excluding hydrogens is 424 g/mol. The normalized spacial score (nSPS) is 18.8. The Labute approximate surface area is 203 Å². The van der Waals surface area contributed by atoms with E-state index in [2.05, 4.69) is 42.0 Å². The highest BCUT2D eigenvalue weighted by Crippen LogP contribution is 2.32. The first-order valence-corrected chi connectivity index (χ1v) is 12.6. The van der Waals surface area contributed by atoms with Crippen LogP contribution in [0.25, 0.3) is 0 Å². The van der Waals surface area contributed by atoms with Crippen LogP contribution < -0.4 is 10.2 Å². The Morgan fingerprint density at radius 3 is 2.47 bits per heavy atom. The van der Waals surface area contributed by atoms with Crippen LogP contribution in [0.4, 0.5) is 5.69 Å². The molecule has 1 N–H and O–H groups in total. The number of nitrogens with zero attached hydrogens (tertiary/aromatic N) is 3. The lowest BCUT2D eigenvalue weighted by Gasteiger charge is -2.38. The maximum atomic E-state index is 13.4. The molecule has 4 rings (SSSR count). The van der Waals surface area contributed by atoms with Crippen molar-refractivity contribution in [3.8, 4) is 0 Å². The summed E-state index contributed by atoms with van der Waals surface area (Å²) in [6, 6.07) is 10.4. The van der Waals surface area contributed by atoms with Crippen molar-refractivity contribution in [2.24, 2.45) is 5.41 Å². The van der Waals surface area contributed by atoms with Gasteiger partial charge < -0.3 is 15.1 Å². The summed E-state index contributed by atoms with van der Waals surface area (Å²) in [5.41, 5.74) is 4.22. The molecule has 1 aromatic carbocycles. The van der Waals surface area contributed by atoms with Crippen LogP contribution in [-0.2, 0) is 11.2 Å². The van der Waals surface area contributed by atoms with Crippen LogP contribution in [0, 0.1) is 5.41 Å². The number of anilines is 1. The quantitative estimate of drug-likeness (QED) is 0.696. The van der Waals surface area contributed by atoms with Gasteiger partial charge in [0, 0.05) is 56.2 Å². The zero-order valence-corrected chi connectivity index (χ0v) is 21.0. The predicted molar refractivity (Wildman–Crippen MR) is 136 cm³/mol. The number of amides is 2. The van der Waals surface area contributed by atoms with E-state index in [4.69, 9.17) is 0 Å². The average molecular weight is 463 g/mol. The Kier molecular flexibility index (Phi) is 7.24. The molecule has 2 aliphatic rings. The van der Waals surface area contributed by atoms with Gasteiger partial charge in [-0.25, -0.2) is 0 Å². The molecule has 0 saturated carbocycles. The molecule has 34 heavy (non-hydrogen) atoms. The van der Waals surface area contributed by atoms with Gasteiger partial charge >= 0.3 is 0 Å². The summed E-state index contributed by atoms with van der Waals surface area (Å²) in [7, 11) is 1.93. The number of rotatable bonds is 5. The molecular formula is C28H38N4O2. The van der Waals surface area contributed by atoms with E-state index >= 15 is 0 Å². The zero-order valence-electron chi connectivity index (χ0n) is 21.0. The van der Waals surface area contributed by atoms with Gasteiger partial charge in [-0.05, 0) is 72.9 Å². The molecule has 1 unspecified atom stereocenters. The van der Waals surface area contributed by atoms with Crippen LogP contribution in [0.3, 0.4) is 0 Å². The second-order valence-corrected chi connectivity index (χ2v) is 11.0. The average Bonchev–Trinajstić information content (AvgIpc) is 2.82. The van der Waals surface area contributed by atoms with Crippen LogP contribution in [0.15, 0.2) is 42.7 Å². The number of carbonyl (C=O) groups excluding carboxylic acids is 2. The molecule has 1 aromatic heterocycles. The van der Waals surface area contributed by atoms with Crippen molar-refractivity contribution in [2.75, 3.05) is 25.0 Å². The maximum Gasteiger partial charge on any atom is 0.253 e. The highest BCUT2D eigenvalue weighted by molar-refractivity contribution is 5.94. The number of benzene rings is 1. The van der Waals surface area contributed by atoms with Crippen molar-refractivity contribution in [2.45, 2.75) is 71.4 Å². The fourth-order valence-electron chi connectivity index (χ4n) is 5.24. The SMILES string of the molecule is CN(C(=O)c1ccc2c(c1)C(NC(=O)CC(C)(C)C)CCC2)C1CCN(c2ccncc2)CC1. The van der Waals surface area contributed by atoms with Gasteiger partial charge in [0.2, 0.25) is 5.91 Å². The van der Waals surface area contributed by atoms with E-state index in [-0.39, 0.29) is 29.3 Å². The van der Waals surface area contributed by atoms with Crippen molar-refractivity contribution in [3.05, 3.63) is 59.4 Å². The van der Waals surface area contributed by atoms with Crippen molar-refractivity contribution >= 4 is 17.5 Å². The summed E-state index contributed by atoms with van der Waals surface area (Å²) >= 11 is 0. The van der Waals surface area contributed by atoms with Crippen molar-refractivity contribution < 1.29 is 9.59 Å². The number of hydrogen-bond acceptors (Lipinski definition) is 4. The van der Waals surface area contributed by atoms with Crippen LogP contribution in [-0.4, -0.2) is 47.9 Å². The number of aromatic nitrogens is 1. The zero-order chi connectivity index (χ0) is 24.3. The number of aryl methyl sites for hydroxylation is 1. The first-order chi connectivity index (χ1) is 16.2. The summed E-state index contributed by atoms with van der Waals surface area (Å²) in [4.78, 5) is 34.4. The van der Waals surface area contributed by atoms with Crippen LogP contribution in [0.2, 0.25) is 0 Å². The van der Waals surface area contributed by atoms with Gasteiger partial charge in [-0.1, -0.05) is 26.8 Å². The molecule has 1 aliphatic heterocycles. The topological polar surface area (TPSA) is 65.5 Å². The lowest BCUT2D eigenvalue weighted by Crippen LogP contribution is -2.45. The number of nitrogens with one attached hydrogen (secondary N) is 1. The largest absolute Gasteiger partial charge is 0.371 e. The molecule has 0 radical (unpaired) electrons. The first-order valence-electron chi connectivity index (χ1n) is 12.6. The minimum atomic E-state index is -0.0465. The highest BCUT2D eigenvalue weighted by Gasteiger charge is 2.28. The number of pyridine rings is 1. The van der Waals surface area contributed by atoms with E-state index in [1.165, 1.54) is 11.3 Å². The van der Waals surface area contributed by atoms with E-state index in [0.29, 0.717) is 6.42 Å². The van der Waals surface area contributed by atoms with E-state index in [1.807, 2.05) is 48.6 Å². The Morgan fingerprint density at radius 2 is 1.79 bits per heavy atom. The fraction of sp³-hybridized carbons (Fsp3) is 0.536. The van der Waals surface area contributed by atoms with Gasteiger partial charge in [-0.2, -0.15) is 0 Å². The van der Waals surface area contributed by atoms with E-state index in [9.17, 15) is 9.59 Å². The number of hydrogen-bond donors (Lipinski definition) is 1. The Bertz CT molecular complexity index is 1010. The molecule has 1 aliphatic carbocycles. The third kappa shape index (κ3) is 5.78. The van der Waals surface area contributed by atoms with E-state index < -0.39 is 0 Å². The second kappa shape index (κ2) is 10.2. The summed E-state index contributed by atoms with van der Waals surface area (Å²) in [6.45, 7) is 8.09. The highest BCUT2D eigenvalue weighted by atomic mass is 16.2. The predicted octanol–water partition coefficient (Wildman–Crippen LogP) is 4.75. The third-order valence-electron chi connectivity index (χ3n) is 7.09. The number of piperidine rings is 1. The first kappa shape index (κ1) is 24.2. The Balaban J connectivity index is 1.42. The second-order valence-electron chi connectivity index (χ2n) is 11.0. The van der Waals surface area contributed by atoms with Crippen LogP contribution in [0.5, 0.6) is 0 Å². The minimum absolute atomic E-state index is 0.0137. The maximum absolute atomic E-state index is 13.4. The molecule has 6 nitrogen and oxygen atoms in total. The molecule has 1 saturated heterocycles. The van der Waals surface area contributed by atoms with Gasteiger partial charge in [0.05, 0.1) is 6.04 Å². The molecule has 1 atom stereocenters. The van der Waals surface area contributed by atoms with Crippen LogP contribution in [0.1, 0.15) is 80.4 Å². The van der Waals surface area contributed by atoms with Crippen molar-refractivity contribution in [3.63, 3.8) is 0 Å². The standard InChI is InChI=1S/C28H38N4O2/c1-28(2,3)19-26(33)30-25-7-5-6-20-8-9-21(18-24(20)25)27(34)31(4)22-12-16-32(17-13-22)23-10-14-29-15-11-23/h8-11,14-15,18,22,25H,5-7,12-13,16-17,19H2,1-4H3,(H,30,33). The smallest absolute Gasteiger partial charge is 0.253 e. The van der Waals surface area contributed by atoms with Gasteiger partial charge in [-0.15, -0.1) is 0 Å². The Hall–Kier alpha value is -2.89. The van der Waals surface area contributed by atoms with Gasteiger partial charge in [-0.3, -0.25) is 14.6 Å². The fourth-order valence-corrected chi connectivity index (χ4v) is 5.24. The number of carbonyl (C=O) groups is 2. The van der Waals surface area contributed by atoms with Crippen molar-refractivity contribution in [1.82, 2.24) is 15.2 Å². The third-order valence-corrected chi connectivity index (χ3v) is 7.09. The lowest BCUT2D eigenvalue weighted by atomic mass is 9.85. The molecule has 0 spiro atoms. The van der Waals surface area contributed by atoms with E-state index in [0.717, 1.165) is 56.3 Å². The summed E-state index contributed by atoms with van der Waals surface area (Å²) in [5.74, 6) is 0.149. The summed E-state index contributed by atoms with van der Waals surface area (Å²) in [5, 5.41) is 3.24. The summed E-state index contributed by atoms with van der Waals surface area (Å²) < 4.78 is 0.